The second-order valence-corrected chi connectivity index (χ2v) is 5.51. The maximum Gasteiger partial charge on any atom is 0.223 e. The van der Waals surface area contributed by atoms with Crippen molar-refractivity contribution >= 4 is 5.91 Å². The van der Waals surface area contributed by atoms with Gasteiger partial charge in [-0.3, -0.25) is 4.79 Å². The summed E-state index contributed by atoms with van der Waals surface area (Å²) in [4.78, 5) is 18.2. The van der Waals surface area contributed by atoms with Crippen molar-refractivity contribution < 1.29 is 4.79 Å². The van der Waals surface area contributed by atoms with Crippen molar-refractivity contribution in [2.45, 2.75) is 31.7 Å². The Morgan fingerprint density at radius 2 is 1.95 bits per heavy atom. The fourth-order valence-electron chi connectivity index (χ4n) is 2.45. The van der Waals surface area contributed by atoms with Crippen molar-refractivity contribution in [3.8, 4) is 6.07 Å². The number of hydrogen-bond donors (Lipinski definition) is 0. The maximum atomic E-state index is 11.8. The van der Waals surface area contributed by atoms with Crippen LogP contribution in [0.3, 0.4) is 0 Å². The lowest BCUT2D eigenvalue weighted by atomic mass is 10.0. The molecule has 0 aromatic rings. The SMILES string of the molecule is CN(CCC#N)C(=O)CCN1CCC(N(C)C)CC1. The van der Waals surface area contributed by atoms with E-state index in [4.69, 9.17) is 5.26 Å². The molecule has 1 heterocycles. The minimum absolute atomic E-state index is 0.144. The molecule has 0 N–H and O–H groups in total. The predicted molar refractivity (Wildman–Crippen MR) is 75.6 cm³/mol. The molecule has 0 aromatic carbocycles. The smallest absolute Gasteiger partial charge is 0.223 e. The van der Waals surface area contributed by atoms with Crippen LogP contribution in [-0.2, 0) is 4.79 Å². The van der Waals surface area contributed by atoms with Crippen molar-refractivity contribution in [3.63, 3.8) is 0 Å². The third-order valence-corrected chi connectivity index (χ3v) is 3.91. The van der Waals surface area contributed by atoms with Gasteiger partial charge >= 0.3 is 0 Å². The highest BCUT2D eigenvalue weighted by Crippen LogP contribution is 2.14. The van der Waals surface area contributed by atoms with Gasteiger partial charge in [-0.2, -0.15) is 5.26 Å². The van der Waals surface area contributed by atoms with Gasteiger partial charge in [0.05, 0.1) is 12.5 Å². The molecule has 0 aromatic heterocycles. The molecule has 1 rings (SSSR count). The molecule has 1 saturated heterocycles. The van der Waals surface area contributed by atoms with Crippen LogP contribution in [0.5, 0.6) is 0 Å². The molecule has 0 atom stereocenters. The predicted octanol–water partition coefficient (Wildman–Crippen LogP) is 0.775. The van der Waals surface area contributed by atoms with E-state index in [1.54, 1.807) is 11.9 Å². The Morgan fingerprint density at radius 1 is 1.32 bits per heavy atom. The molecule has 0 saturated carbocycles. The highest BCUT2D eigenvalue weighted by atomic mass is 16.2. The number of amides is 1. The zero-order valence-electron chi connectivity index (χ0n) is 12.4. The van der Waals surface area contributed by atoms with Crippen LogP contribution >= 0.6 is 0 Å². The summed E-state index contributed by atoms with van der Waals surface area (Å²) in [5, 5.41) is 8.50. The van der Waals surface area contributed by atoms with Crippen molar-refractivity contribution in [3.05, 3.63) is 0 Å². The zero-order valence-corrected chi connectivity index (χ0v) is 12.4. The van der Waals surface area contributed by atoms with E-state index in [1.807, 2.05) is 0 Å². The quantitative estimate of drug-likeness (QED) is 0.713. The van der Waals surface area contributed by atoms with Crippen LogP contribution in [0.2, 0.25) is 0 Å². The average Bonchev–Trinajstić information content (AvgIpc) is 2.42. The first-order valence-corrected chi connectivity index (χ1v) is 7.04. The standard InChI is InChI=1S/C14H26N4O/c1-16(2)13-5-10-18(11-6-13)12-7-14(19)17(3)9-4-8-15/h13H,4-7,9-12H2,1-3H3. The van der Waals surface area contributed by atoms with Crippen molar-refractivity contribution in [2.24, 2.45) is 0 Å². The van der Waals surface area contributed by atoms with Crippen molar-refractivity contribution in [1.82, 2.24) is 14.7 Å². The highest BCUT2D eigenvalue weighted by Gasteiger charge is 2.21. The summed E-state index contributed by atoms with van der Waals surface area (Å²) in [6.07, 6.45) is 3.35. The molecule has 19 heavy (non-hydrogen) atoms. The number of carbonyl (C=O) groups excluding carboxylic acids is 1. The van der Waals surface area contributed by atoms with Gasteiger partial charge in [0.2, 0.25) is 5.91 Å². The van der Waals surface area contributed by atoms with Gasteiger partial charge in [-0.05, 0) is 40.0 Å². The van der Waals surface area contributed by atoms with E-state index in [1.165, 1.54) is 12.8 Å². The Morgan fingerprint density at radius 3 is 2.47 bits per heavy atom. The summed E-state index contributed by atoms with van der Waals surface area (Å²) in [7, 11) is 6.04. The van der Waals surface area contributed by atoms with Gasteiger partial charge in [0.15, 0.2) is 0 Å². The second-order valence-electron chi connectivity index (χ2n) is 5.51. The van der Waals surface area contributed by atoms with Crippen LogP contribution in [0, 0.1) is 11.3 Å². The zero-order chi connectivity index (χ0) is 14.3. The first kappa shape index (κ1) is 15.9. The van der Waals surface area contributed by atoms with Crippen LogP contribution in [-0.4, -0.2) is 74.0 Å². The van der Waals surface area contributed by atoms with Crippen LogP contribution in [0.1, 0.15) is 25.7 Å². The summed E-state index contributed by atoms with van der Waals surface area (Å²) >= 11 is 0. The Balaban J connectivity index is 2.20. The van der Waals surface area contributed by atoms with Gasteiger partial charge in [0, 0.05) is 32.6 Å². The molecule has 1 aliphatic heterocycles. The van der Waals surface area contributed by atoms with E-state index in [-0.39, 0.29) is 5.91 Å². The Labute approximate surface area is 116 Å². The van der Waals surface area contributed by atoms with Gasteiger partial charge in [-0.15, -0.1) is 0 Å². The van der Waals surface area contributed by atoms with Gasteiger partial charge in [0.25, 0.3) is 0 Å². The van der Waals surface area contributed by atoms with Gasteiger partial charge < -0.3 is 14.7 Å². The number of rotatable bonds is 6. The second kappa shape index (κ2) is 8.13. The largest absolute Gasteiger partial charge is 0.345 e. The molecular formula is C14H26N4O. The molecular weight excluding hydrogens is 240 g/mol. The number of nitriles is 1. The van der Waals surface area contributed by atoms with E-state index in [0.29, 0.717) is 25.4 Å². The highest BCUT2D eigenvalue weighted by molar-refractivity contribution is 5.76. The van der Waals surface area contributed by atoms with E-state index in [9.17, 15) is 4.79 Å². The van der Waals surface area contributed by atoms with Crippen LogP contribution in [0.4, 0.5) is 0 Å². The topological polar surface area (TPSA) is 50.6 Å². The molecule has 1 aliphatic rings. The fourth-order valence-corrected chi connectivity index (χ4v) is 2.45. The van der Waals surface area contributed by atoms with E-state index in [0.717, 1.165) is 19.6 Å². The van der Waals surface area contributed by atoms with Crippen LogP contribution < -0.4 is 0 Å². The summed E-state index contributed by atoms with van der Waals surface area (Å²) in [5.74, 6) is 0.144. The first-order valence-electron chi connectivity index (χ1n) is 7.04. The third kappa shape index (κ3) is 5.58. The maximum absolute atomic E-state index is 11.8. The molecule has 0 aliphatic carbocycles. The number of piperidine rings is 1. The molecule has 0 spiro atoms. The summed E-state index contributed by atoms with van der Waals surface area (Å²) in [6.45, 7) is 3.55. The number of hydrogen-bond acceptors (Lipinski definition) is 4. The molecule has 5 heteroatoms. The minimum atomic E-state index is 0.144. The van der Waals surface area contributed by atoms with Crippen LogP contribution in [0.25, 0.3) is 0 Å². The number of nitrogens with zero attached hydrogens (tertiary/aromatic N) is 4. The lowest BCUT2D eigenvalue weighted by molar-refractivity contribution is -0.130. The minimum Gasteiger partial charge on any atom is -0.345 e. The summed E-state index contributed by atoms with van der Waals surface area (Å²) < 4.78 is 0. The lowest BCUT2D eigenvalue weighted by Gasteiger charge is -2.35. The molecule has 5 nitrogen and oxygen atoms in total. The average molecular weight is 266 g/mol. The van der Waals surface area contributed by atoms with Crippen LogP contribution in [0.15, 0.2) is 0 Å². The monoisotopic (exact) mass is 266 g/mol. The van der Waals surface area contributed by atoms with Crippen molar-refractivity contribution in [1.29, 1.82) is 5.26 Å². The van der Waals surface area contributed by atoms with E-state index < -0.39 is 0 Å². The van der Waals surface area contributed by atoms with Gasteiger partial charge in [-0.1, -0.05) is 0 Å². The molecule has 0 bridgehead atoms. The molecule has 108 valence electrons. The normalized spacial score (nSPS) is 17.4. The number of carbonyl (C=O) groups is 1. The third-order valence-electron chi connectivity index (χ3n) is 3.91. The molecule has 1 fully saturated rings. The Hall–Kier alpha value is -1.12. The summed E-state index contributed by atoms with van der Waals surface area (Å²) in [5.41, 5.74) is 0. The van der Waals surface area contributed by atoms with Gasteiger partial charge in [0.1, 0.15) is 0 Å². The van der Waals surface area contributed by atoms with E-state index >= 15 is 0 Å². The fraction of sp³-hybridized carbons (Fsp3) is 0.857. The van der Waals surface area contributed by atoms with E-state index in [2.05, 4.69) is 30.0 Å². The Bertz CT molecular complexity index is 316. The van der Waals surface area contributed by atoms with Crippen molar-refractivity contribution in [2.75, 3.05) is 47.3 Å². The Kier molecular flexibility index (Phi) is 6.82. The van der Waals surface area contributed by atoms with Gasteiger partial charge in [-0.25, -0.2) is 0 Å². The number of likely N-dealkylation sites (tertiary alicyclic amines) is 1. The lowest BCUT2D eigenvalue weighted by Crippen LogP contribution is -2.43. The molecule has 0 unspecified atom stereocenters. The molecule has 0 radical (unpaired) electrons. The molecule has 1 amide bonds. The summed E-state index contributed by atoms with van der Waals surface area (Å²) in [6, 6.07) is 2.75. The first-order chi connectivity index (χ1) is 9.04.